The van der Waals surface area contributed by atoms with Crippen LogP contribution in [0.1, 0.15) is 26.2 Å². The first-order valence-electron chi connectivity index (χ1n) is 8.68. The van der Waals surface area contributed by atoms with Gasteiger partial charge in [0, 0.05) is 42.8 Å². The minimum absolute atomic E-state index is 0.393. The van der Waals surface area contributed by atoms with Crippen LogP contribution in [0.25, 0.3) is 10.8 Å². The summed E-state index contributed by atoms with van der Waals surface area (Å²) in [7, 11) is -3.48. The van der Waals surface area contributed by atoms with E-state index in [9.17, 15) is 8.42 Å². The predicted octanol–water partition coefficient (Wildman–Crippen LogP) is 2.73. The van der Waals surface area contributed by atoms with E-state index in [1.165, 1.54) is 12.8 Å². The Kier molecular flexibility index (Phi) is 5.48. The molecule has 0 saturated carbocycles. The second-order valence-electron chi connectivity index (χ2n) is 6.31. The Balaban J connectivity index is 1.85. The highest BCUT2D eigenvalue weighted by Crippen LogP contribution is 2.25. The van der Waals surface area contributed by atoms with Gasteiger partial charge in [0.05, 0.1) is 4.90 Å². The Morgan fingerprint density at radius 2 is 2.00 bits per heavy atom. The van der Waals surface area contributed by atoms with Gasteiger partial charge in [0.2, 0.25) is 10.0 Å². The van der Waals surface area contributed by atoms with Crippen LogP contribution in [0.2, 0.25) is 0 Å². The van der Waals surface area contributed by atoms with E-state index in [1.807, 2.05) is 6.07 Å². The van der Waals surface area contributed by atoms with Gasteiger partial charge in [0.1, 0.15) is 0 Å². The maximum Gasteiger partial charge on any atom is 0.243 e. The highest BCUT2D eigenvalue weighted by molar-refractivity contribution is 7.89. The average Bonchev–Trinajstić information content (AvgIpc) is 2.85. The van der Waals surface area contributed by atoms with Crippen molar-refractivity contribution >= 4 is 20.8 Å². The largest absolute Gasteiger partial charge is 0.302 e. The zero-order valence-electron chi connectivity index (χ0n) is 14.2. The zero-order chi connectivity index (χ0) is 17.0. The quantitative estimate of drug-likeness (QED) is 0.834. The van der Waals surface area contributed by atoms with Crippen molar-refractivity contribution in [2.24, 2.45) is 0 Å². The summed E-state index contributed by atoms with van der Waals surface area (Å²) in [6.45, 7) is 6.19. The van der Waals surface area contributed by atoms with Crippen molar-refractivity contribution in [1.29, 1.82) is 0 Å². The molecule has 1 aromatic heterocycles. The summed E-state index contributed by atoms with van der Waals surface area (Å²) in [6.07, 6.45) is 6.58. The Bertz CT molecular complexity index is 786. The van der Waals surface area contributed by atoms with E-state index in [0.29, 0.717) is 18.0 Å². The monoisotopic (exact) mass is 347 g/mol. The fraction of sp³-hybridized carbons (Fsp3) is 0.500. The van der Waals surface area contributed by atoms with Crippen molar-refractivity contribution in [1.82, 2.24) is 14.2 Å². The molecule has 130 valence electrons. The maximum absolute atomic E-state index is 13.2. The minimum Gasteiger partial charge on any atom is -0.302 e. The van der Waals surface area contributed by atoms with Crippen LogP contribution < -0.4 is 0 Å². The van der Waals surface area contributed by atoms with Gasteiger partial charge in [-0.3, -0.25) is 4.98 Å². The lowest BCUT2D eigenvalue weighted by atomic mass is 10.2. The first kappa shape index (κ1) is 17.3. The van der Waals surface area contributed by atoms with Gasteiger partial charge in [-0.25, -0.2) is 8.42 Å². The Hall–Kier alpha value is -1.50. The molecule has 24 heavy (non-hydrogen) atoms. The maximum atomic E-state index is 13.2. The minimum atomic E-state index is -3.48. The van der Waals surface area contributed by atoms with E-state index in [2.05, 4.69) is 16.8 Å². The molecular weight excluding hydrogens is 322 g/mol. The fourth-order valence-electron chi connectivity index (χ4n) is 3.25. The van der Waals surface area contributed by atoms with Gasteiger partial charge in [0.25, 0.3) is 0 Å². The number of fused-ring (bicyclic) bond motifs is 1. The molecule has 6 heteroatoms. The zero-order valence-corrected chi connectivity index (χ0v) is 15.0. The number of unbranched alkanes of at least 4 members (excludes halogenated alkanes) is 1. The summed E-state index contributed by atoms with van der Waals surface area (Å²) in [4.78, 5) is 6.86. The normalized spacial score (nSPS) is 17.9. The van der Waals surface area contributed by atoms with E-state index in [1.54, 1.807) is 34.9 Å². The van der Waals surface area contributed by atoms with Crippen LogP contribution in [0, 0.1) is 0 Å². The van der Waals surface area contributed by atoms with Crippen LogP contribution in [0.4, 0.5) is 0 Å². The summed E-state index contributed by atoms with van der Waals surface area (Å²) in [6, 6.07) is 7.18. The van der Waals surface area contributed by atoms with Gasteiger partial charge in [-0.1, -0.05) is 25.5 Å². The summed E-state index contributed by atoms with van der Waals surface area (Å²) >= 11 is 0. The number of benzene rings is 1. The molecule has 0 aliphatic carbocycles. The number of pyridine rings is 1. The average molecular weight is 347 g/mol. The standard InChI is InChI=1S/C18H25N3O2S/c1-2-3-10-20-11-5-12-21(14-13-20)24(22,23)18-7-4-6-16-15-19-9-8-17(16)18/h4,6-9,15H,2-3,5,10-14H2,1H3. The van der Waals surface area contributed by atoms with Crippen molar-refractivity contribution < 1.29 is 8.42 Å². The molecule has 1 aliphatic heterocycles. The topological polar surface area (TPSA) is 53.5 Å². The van der Waals surface area contributed by atoms with Gasteiger partial charge in [0.15, 0.2) is 0 Å². The summed E-state index contributed by atoms with van der Waals surface area (Å²) in [5, 5.41) is 1.61. The lowest BCUT2D eigenvalue weighted by molar-refractivity contribution is 0.282. The van der Waals surface area contributed by atoms with Gasteiger partial charge in [-0.15, -0.1) is 0 Å². The lowest BCUT2D eigenvalue weighted by Gasteiger charge is -2.22. The van der Waals surface area contributed by atoms with Gasteiger partial charge >= 0.3 is 0 Å². The van der Waals surface area contributed by atoms with Crippen LogP contribution in [0.3, 0.4) is 0 Å². The van der Waals surface area contributed by atoms with Crippen molar-refractivity contribution in [2.45, 2.75) is 31.1 Å². The van der Waals surface area contributed by atoms with Crippen LogP contribution in [-0.2, 0) is 10.0 Å². The molecule has 0 atom stereocenters. The van der Waals surface area contributed by atoms with Crippen molar-refractivity contribution in [3.63, 3.8) is 0 Å². The molecule has 1 fully saturated rings. The van der Waals surface area contributed by atoms with Gasteiger partial charge in [-0.2, -0.15) is 4.31 Å². The number of hydrogen-bond acceptors (Lipinski definition) is 4. The molecule has 0 bridgehead atoms. The number of nitrogens with zero attached hydrogens (tertiary/aromatic N) is 3. The molecule has 0 unspecified atom stereocenters. The molecule has 3 rings (SSSR count). The molecule has 0 amide bonds. The van der Waals surface area contributed by atoms with E-state index < -0.39 is 10.0 Å². The third kappa shape index (κ3) is 3.61. The summed E-state index contributed by atoms with van der Waals surface area (Å²) < 4.78 is 28.0. The van der Waals surface area contributed by atoms with E-state index in [0.717, 1.165) is 36.8 Å². The first-order valence-corrected chi connectivity index (χ1v) is 10.1. The van der Waals surface area contributed by atoms with Gasteiger partial charge < -0.3 is 4.90 Å². The van der Waals surface area contributed by atoms with Crippen LogP contribution in [-0.4, -0.2) is 55.3 Å². The van der Waals surface area contributed by atoms with Gasteiger partial charge in [-0.05, 0) is 38.1 Å². The molecule has 1 saturated heterocycles. The van der Waals surface area contributed by atoms with E-state index in [4.69, 9.17) is 0 Å². The molecule has 5 nitrogen and oxygen atoms in total. The highest BCUT2D eigenvalue weighted by atomic mass is 32.2. The van der Waals surface area contributed by atoms with Crippen molar-refractivity contribution in [3.8, 4) is 0 Å². The predicted molar refractivity (Wildman–Crippen MR) is 96.5 cm³/mol. The SMILES string of the molecule is CCCCN1CCCN(S(=O)(=O)c2cccc3cnccc23)CC1. The summed E-state index contributed by atoms with van der Waals surface area (Å²) in [5.41, 5.74) is 0. The smallest absolute Gasteiger partial charge is 0.243 e. The summed E-state index contributed by atoms with van der Waals surface area (Å²) in [5.74, 6) is 0. The number of rotatable bonds is 5. The third-order valence-corrected chi connectivity index (χ3v) is 6.59. The van der Waals surface area contributed by atoms with E-state index in [-0.39, 0.29) is 0 Å². The number of sulfonamides is 1. The Morgan fingerprint density at radius 1 is 1.12 bits per heavy atom. The number of hydrogen-bond donors (Lipinski definition) is 0. The van der Waals surface area contributed by atoms with E-state index >= 15 is 0 Å². The third-order valence-electron chi connectivity index (χ3n) is 4.63. The second-order valence-corrected chi connectivity index (χ2v) is 8.21. The van der Waals surface area contributed by atoms with Crippen molar-refractivity contribution in [3.05, 3.63) is 36.7 Å². The Labute approximate surface area is 144 Å². The first-order chi connectivity index (χ1) is 11.6. The van der Waals surface area contributed by atoms with Crippen LogP contribution in [0.15, 0.2) is 41.6 Å². The molecule has 0 spiro atoms. The van der Waals surface area contributed by atoms with Crippen LogP contribution in [0.5, 0.6) is 0 Å². The van der Waals surface area contributed by atoms with Crippen molar-refractivity contribution in [2.75, 3.05) is 32.7 Å². The molecule has 2 heterocycles. The van der Waals surface area contributed by atoms with Crippen LogP contribution >= 0.6 is 0 Å². The number of aromatic nitrogens is 1. The highest BCUT2D eigenvalue weighted by Gasteiger charge is 2.28. The molecule has 0 N–H and O–H groups in total. The Morgan fingerprint density at radius 3 is 2.83 bits per heavy atom. The molecule has 1 aromatic carbocycles. The molecule has 1 aliphatic rings. The molecular formula is C18H25N3O2S. The molecule has 0 radical (unpaired) electrons. The fourth-order valence-corrected chi connectivity index (χ4v) is 4.93. The lowest BCUT2D eigenvalue weighted by Crippen LogP contribution is -2.35. The second kappa shape index (κ2) is 7.59. The molecule has 2 aromatic rings.